The number of guanidine groups is 1. The summed E-state index contributed by atoms with van der Waals surface area (Å²) in [6.45, 7) is 6.89. The van der Waals surface area contributed by atoms with Gasteiger partial charge in [-0.2, -0.15) is 5.10 Å². The quantitative estimate of drug-likeness (QED) is 0.473. The second-order valence-corrected chi connectivity index (χ2v) is 5.34. The van der Waals surface area contributed by atoms with Crippen LogP contribution >= 0.6 is 0 Å². The summed E-state index contributed by atoms with van der Waals surface area (Å²) in [5.41, 5.74) is 0. The van der Waals surface area contributed by atoms with Gasteiger partial charge in [0.15, 0.2) is 5.96 Å². The minimum Gasteiger partial charge on any atom is -0.357 e. The van der Waals surface area contributed by atoms with Crippen molar-refractivity contribution in [1.29, 1.82) is 0 Å². The van der Waals surface area contributed by atoms with Crippen molar-refractivity contribution in [3.8, 4) is 0 Å². The molecule has 0 bridgehead atoms. The SMILES string of the molecule is CCNC(=NCC(C)Cn1cccn1)NC1CC=CC1. The van der Waals surface area contributed by atoms with Crippen LogP contribution in [0.2, 0.25) is 0 Å². The molecule has 0 saturated carbocycles. The van der Waals surface area contributed by atoms with Crippen molar-refractivity contribution in [2.24, 2.45) is 10.9 Å². The molecule has 0 spiro atoms. The maximum Gasteiger partial charge on any atom is 0.191 e. The van der Waals surface area contributed by atoms with Crippen molar-refractivity contribution in [3.63, 3.8) is 0 Å². The third-order valence-electron chi connectivity index (χ3n) is 3.31. The largest absolute Gasteiger partial charge is 0.357 e. The second-order valence-electron chi connectivity index (χ2n) is 5.34. The Morgan fingerprint density at radius 1 is 1.45 bits per heavy atom. The highest BCUT2D eigenvalue weighted by atomic mass is 15.3. The van der Waals surface area contributed by atoms with Crippen LogP contribution in [0.25, 0.3) is 0 Å². The van der Waals surface area contributed by atoms with Gasteiger partial charge in [-0.25, -0.2) is 0 Å². The van der Waals surface area contributed by atoms with Gasteiger partial charge in [-0.05, 0) is 31.7 Å². The van der Waals surface area contributed by atoms with E-state index in [2.05, 4.69) is 46.7 Å². The van der Waals surface area contributed by atoms with Gasteiger partial charge in [-0.15, -0.1) is 0 Å². The molecule has 0 saturated heterocycles. The van der Waals surface area contributed by atoms with E-state index in [-0.39, 0.29) is 0 Å². The van der Waals surface area contributed by atoms with E-state index in [1.54, 1.807) is 0 Å². The monoisotopic (exact) mass is 275 g/mol. The first-order valence-electron chi connectivity index (χ1n) is 7.45. The summed E-state index contributed by atoms with van der Waals surface area (Å²) in [5.74, 6) is 1.39. The predicted molar refractivity (Wildman–Crippen MR) is 82.7 cm³/mol. The summed E-state index contributed by atoms with van der Waals surface area (Å²) in [6, 6.07) is 2.45. The number of aliphatic imine (C=N–C) groups is 1. The van der Waals surface area contributed by atoms with Crippen LogP contribution in [-0.2, 0) is 6.54 Å². The summed E-state index contributed by atoms with van der Waals surface area (Å²) in [7, 11) is 0. The maximum atomic E-state index is 4.68. The van der Waals surface area contributed by atoms with E-state index in [9.17, 15) is 0 Å². The van der Waals surface area contributed by atoms with Crippen molar-refractivity contribution in [3.05, 3.63) is 30.6 Å². The van der Waals surface area contributed by atoms with Gasteiger partial charge in [-0.1, -0.05) is 19.1 Å². The topological polar surface area (TPSA) is 54.2 Å². The Labute approximate surface area is 121 Å². The predicted octanol–water partition coefficient (Wildman–Crippen LogP) is 1.79. The molecule has 1 aliphatic rings. The van der Waals surface area contributed by atoms with Gasteiger partial charge in [-0.3, -0.25) is 9.67 Å². The molecule has 0 aromatic carbocycles. The molecule has 0 radical (unpaired) electrons. The Morgan fingerprint density at radius 3 is 2.90 bits per heavy atom. The second kappa shape index (κ2) is 7.72. The lowest BCUT2D eigenvalue weighted by molar-refractivity contribution is 0.457. The van der Waals surface area contributed by atoms with Crippen LogP contribution in [0.1, 0.15) is 26.7 Å². The summed E-state index contributed by atoms with van der Waals surface area (Å²) >= 11 is 0. The summed E-state index contributed by atoms with van der Waals surface area (Å²) in [5, 5.41) is 11.0. The van der Waals surface area contributed by atoms with E-state index in [1.807, 2.05) is 23.1 Å². The Hall–Kier alpha value is -1.78. The van der Waals surface area contributed by atoms with Gasteiger partial charge < -0.3 is 10.6 Å². The normalized spacial score (nSPS) is 17.4. The Balaban J connectivity index is 1.81. The standard InChI is InChI=1S/C15H25N5/c1-3-16-15(19-14-7-4-5-8-14)17-11-13(2)12-20-10-6-9-18-20/h4-6,9-10,13-14H,3,7-8,11-12H2,1-2H3,(H2,16,17,19). The van der Waals surface area contributed by atoms with Gasteiger partial charge in [0, 0.05) is 38.1 Å². The lowest BCUT2D eigenvalue weighted by atomic mass is 10.2. The van der Waals surface area contributed by atoms with Gasteiger partial charge in [0.05, 0.1) is 0 Å². The van der Waals surface area contributed by atoms with E-state index in [0.717, 1.165) is 38.4 Å². The molecule has 1 unspecified atom stereocenters. The van der Waals surface area contributed by atoms with E-state index in [1.165, 1.54) is 0 Å². The molecular formula is C15H25N5. The molecule has 20 heavy (non-hydrogen) atoms. The molecule has 5 nitrogen and oxygen atoms in total. The van der Waals surface area contributed by atoms with Gasteiger partial charge in [0.2, 0.25) is 0 Å². The molecule has 1 aromatic heterocycles. The van der Waals surface area contributed by atoms with Crippen LogP contribution < -0.4 is 10.6 Å². The molecule has 2 N–H and O–H groups in total. The van der Waals surface area contributed by atoms with Crippen LogP contribution in [0.3, 0.4) is 0 Å². The van der Waals surface area contributed by atoms with Gasteiger partial charge >= 0.3 is 0 Å². The lowest BCUT2D eigenvalue weighted by Crippen LogP contribution is -2.42. The number of hydrogen-bond donors (Lipinski definition) is 2. The third kappa shape index (κ3) is 4.72. The fraction of sp³-hybridized carbons (Fsp3) is 0.600. The highest BCUT2D eigenvalue weighted by Crippen LogP contribution is 2.08. The van der Waals surface area contributed by atoms with E-state index in [4.69, 9.17) is 0 Å². The molecule has 0 aliphatic heterocycles. The van der Waals surface area contributed by atoms with Gasteiger partial charge in [0.25, 0.3) is 0 Å². The fourth-order valence-corrected chi connectivity index (χ4v) is 2.28. The average Bonchev–Trinajstić information content (AvgIpc) is 3.09. The molecule has 0 fully saturated rings. The zero-order chi connectivity index (χ0) is 14.2. The first kappa shape index (κ1) is 14.6. The number of nitrogens with one attached hydrogen (secondary N) is 2. The van der Waals surface area contributed by atoms with Crippen molar-refractivity contribution in [2.75, 3.05) is 13.1 Å². The lowest BCUT2D eigenvalue weighted by Gasteiger charge is -2.17. The first-order valence-corrected chi connectivity index (χ1v) is 7.45. The summed E-state index contributed by atoms with van der Waals surface area (Å²) in [4.78, 5) is 4.68. The molecule has 1 aliphatic carbocycles. The van der Waals surface area contributed by atoms with E-state index in [0.29, 0.717) is 12.0 Å². The molecule has 1 aromatic rings. The Morgan fingerprint density at radius 2 is 2.25 bits per heavy atom. The van der Waals surface area contributed by atoms with Crippen molar-refractivity contribution < 1.29 is 0 Å². The minimum atomic E-state index is 0.465. The van der Waals surface area contributed by atoms with Crippen molar-refractivity contribution in [2.45, 2.75) is 39.3 Å². The zero-order valence-corrected chi connectivity index (χ0v) is 12.4. The third-order valence-corrected chi connectivity index (χ3v) is 3.31. The van der Waals surface area contributed by atoms with E-state index >= 15 is 0 Å². The Kier molecular flexibility index (Phi) is 5.65. The molecule has 0 amide bonds. The summed E-state index contributed by atoms with van der Waals surface area (Å²) in [6.07, 6.45) is 10.4. The first-order chi connectivity index (χ1) is 9.78. The van der Waals surface area contributed by atoms with Crippen molar-refractivity contribution in [1.82, 2.24) is 20.4 Å². The van der Waals surface area contributed by atoms with Crippen LogP contribution in [0.5, 0.6) is 0 Å². The minimum absolute atomic E-state index is 0.465. The van der Waals surface area contributed by atoms with Crippen LogP contribution in [0.4, 0.5) is 0 Å². The molecule has 2 rings (SSSR count). The molecule has 1 atom stereocenters. The van der Waals surface area contributed by atoms with Crippen LogP contribution in [-0.4, -0.2) is 34.9 Å². The number of rotatable bonds is 6. The average molecular weight is 275 g/mol. The van der Waals surface area contributed by atoms with Gasteiger partial charge in [0.1, 0.15) is 0 Å². The number of aromatic nitrogens is 2. The number of nitrogens with zero attached hydrogens (tertiary/aromatic N) is 3. The highest BCUT2D eigenvalue weighted by Gasteiger charge is 2.12. The number of hydrogen-bond acceptors (Lipinski definition) is 2. The molecule has 110 valence electrons. The van der Waals surface area contributed by atoms with E-state index < -0.39 is 0 Å². The zero-order valence-electron chi connectivity index (χ0n) is 12.4. The Bertz CT molecular complexity index is 427. The van der Waals surface area contributed by atoms with Crippen molar-refractivity contribution >= 4 is 5.96 Å². The smallest absolute Gasteiger partial charge is 0.191 e. The maximum absolute atomic E-state index is 4.68. The van der Waals surface area contributed by atoms with Crippen LogP contribution in [0, 0.1) is 5.92 Å². The highest BCUT2D eigenvalue weighted by molar-refractivity contribution is 5.80. The summed E-state index contributed by atoms with van der Waals surface area (Å²) < 4.78 is 1.96. The molecule has 1 heterocycles. The van der Waals surface area contributed by atoms with Crippen LogP contribution in [0.15, 0.2) is 35.6 Å². The fourth-order valence-electron chi connectivity index (χ4n) is 2.28. The molecule has 5 heteroatoms. The molecular weight excluding hydrogens is 250 g/mol.